The zero-order valence-corrected chi connectivity index (χ0v) is 27.4. The van der Waals surface area contributed by atoms with Gasteiger partial charge in [0, 0.05) is 61.3 Å². The van der Waals surface area contributed by atoms with Crippen LogP contribution >= 0.6 is 0 Å². The maximum absolute atomic E-state index is 13.7. The minimum atomic E-state index is -0.847. The summed E-state index contributed by atoms with van der Waals surface area (Å²) in [6.07, 6.45) is 7.71. The molecule has 2 atom stereocenters. The molecule has 1 aliphatic rings. The lowest BCUT2D eigenvalue weighted by atomic mass is 9.85. The average Bonchev–Trinajstić information content (AvgIpc) is 3.71. The van der Waals surface area contributed by atoms with Gasteiger partial charge in [-0.25, -0.2) is 19.7 Å². The van der Waals surface area contributed by atoms with Crippen LogP contribution < -0.4 is 20.4 Å². The molecule has 1 saturated heterocycles. The molecule has 0 saturated carbocycles. The van der Waals surface area contributed by atoms with Crippen LogP contribution in [0.25, 0.3) is 11.1 Å². The SMILES string of the molecule is C[C@@H]1[C@H](C(C)(C)O)CCN1c1nc(Nc2ccc(N(C(=O)NCc3ccccc3)c3ccc(-c4cnn(C)c4)cn3)cc2)ncc1C#N. The summed E-state index contributed by atoms with van der Waals surface area (Å²) in [6.45, 7) is 6.72. The molecule has 48 heavy (non-hydrogen) atoms. The number of benzene rings is 2. The van der Waals surface area contributed by atoms with Crippen LogP contribution in [0.1, 0.15) is 38.3 Å². The highest BCUT2D eigenvalue weighted by atomic mass is 16.3. The number of anilines is 5. The van der Waals surface area contributed by atoms with E-state index in [-0.39, 0.29) is 18.0 Å². The minimum absolute atomic E-state index is 0.00908. The number of hydrogen-bond donors (Lipinski definition) is 3. The van der Waals surface area contributed by atoms with Crippen LogP contribution in [0.4, 0.5) is 33.8 Å². The number of nitrogens with one attached hydrogen (secondary N) is 2. The van der Waals surface area contributed by atoms with E-state index in [0.717, 1.165) is 23.1 Å². The van der Waals surface area contributed by atoms with Gasteiger partial charge < -0.3 is 20.6 Å². The van der Waals surface area contributed by atoms with Gasteiger partial charge in [0.15, 0.2) is 5.82 Å². The second-order valence-corrected chi connectivity index (χ2v) is 12.5. The summed E-state index contributed by atoms with van der Waals surface area (Å²) in [5.41, 5.74) is 3.62. The number of aromatic nitrogens is 5. The number of amides is 2. The fraction of sp³-hybridized carbons (Fsp3) is 0.278. The Morgan fingerprint density at radius 3 is 2.44 bits per heavy atom. The van der Waals surface area contributed by atoms with E-state index in [1.807, 2.05) is 101 Å². The lowest BCUT2D eigenvalue weighted by molar-refractivity contribution is 0.0156. The van der Waals surface area contributed by atoms with E-state index in [0.29, 0.717) is 47.6 Å². The third-order valence-corrected chi connectivity index (χ3v) is 8.71. The van der Waals surface area contributed by atoms with Crippen LogP contribution in [0.5, 0.6) is 0 Å². The Bertz CT molecular complexity index is 1910. The van der Waals surface area contributed by atoms with Gasteiger partial charge in [-0.05, 0) is 69.2 Å². The molecule has 3 aromatic heterocycles. The van der Waals surface area contributed by atoms with Crippen molar-refractivity contribution in [1.29, 1.82) is 5.26 Å². The lowest BCUT2D eigenvalue weighted by Gasteiger charge is -2.32. The number of pyridine rings is 1. The van der Waals surface area contributed by atoms with Crippen molar-refractivity contribution in [3.8, 4) is 17.2 Å². The van der Waals surface area contributed by atoms with E-state index >= 15 is 0 Å². The van der Waals surface area contributed by atoms with Gasteiger partial charge in [0.1, 0.15) is 17.5 Å². The van der Waals surface area contributed by atoms with E-state index < -0.39 is 5.60 Å². The molecule has 1 aliphatic heterocycles. The molecule has 0 unspecified atom stereocenters. The lowest BCUT2D eigenvalue weighted by Crippen LogP contribution is -2.40. The highest BCUT2D eigenvalue weighted by Gasteiger charge is 2.41. The number of rotatable bonds is 9. The van der Waals surface area contributed by atoms with Gasteiger partial charge in [-0.15, -0.1) is 0 Å². The number of nitrogens with zero attached hydrogens (tertiary/aromatic N) is 8. The van der Waals surface area contributed by atoms with E-state index in [9.17, 15) is 15.2 Å². The Hall–Kier alpha value is -5.80. The predicted molar refractivity (Wildman–Crippen MR) is 185 cm³/mol. The maximum Gasteiger partial charge on any atom is 0.327 e. The van der Waals surface area contributed by atoms with Crippen LogP contribution in [0, 0.1) is 17.2 Å². The smallest absolute Gasteiger partial charge is 0.327 e. The fourth-order valence-electron chi connectivity index (χ4n) is 6.20. The van der Waals surface area contributed by atoms with Gasteiger partial charge in [0.2, 0.25) is 5.95 Å². The summed E-state index contributed by atoms with van der Waals surface area (Å²) in [4.78, 5) is 31.0. The van der Waals surface area contributed by atoms with Crippen molar-refractivity contribution in [3.05, 3.63) is 103 Å². The minimum Gasteiger partial charge on any atom is -0.390 e. The van der Waals surface area contributed by atoms with Crippen molar-refractivity contribution < 1.29 is 9.90 Å². The van der Waals surface area contributed by atoms with Gasteiger partial charge in [-0.2, -0.15) is 15.3 Å². The normalized spacial score (nSPS) is 16.0. The number of aliphatic hydroxyl groups is 1. The maximum atomic E-state index is 13.7. The first-order valence-corrected chi connectivity index (χ1v) is 15.8. The van der Waals surface area contributed by atoms with Gasteiger partial charge in [0.05, 0.1) is 23.7 Å². The molecule has 244 valence electrons. The topological polar surface area (TPSA) is 148 Å². The van der Waals surface area contributed by atoms with Gasteiger partial charge in [-0.3, -0.25) is 4.68 Å². The van der Waals surface area contributed by atoms with E-state index in [2.05, 4.69) is 36.7 Å². The van der Waals surface area contributed by atoms with Crippen molar-refractivity contribution in [2.45, 2.75) is 45.4 Å². The molecule has 6 rings (SSSR count). The van der Waals surface area contributed by atoms with Crippen molar-refractivity contribution in [2.75, 3.05) is 21.7 Å². The first kappa shape index (κ1) is 32.2. The van der Waals surface area contributed by atoms with Crippen LogP contribution in [-0.4, -0.2) is 54.1 Å². The van der Waals surface area contributed by atoms with Crippen LogP contribution in [-0.2, 0) is 13.6 Å². The zero-order chi connectivity index (χ0) is 33.8. The Balaban J connectivity index is 1.24. The molecule has 2 aromatic carbocycles. The van der Waals surface area contributed by atoms with E-state index in [1.165, 1.54) is 11.1 Å². The van der Waals surface area contributed by atoms with Crippen LogP contribution in [0.3, 0.4) is 0 Å². The monoisotopic (exact) mass is 642 g/mol. The number of carbonyl (C=O) groups excluding carboxylic acids is 1. The van der Waals surface area contributed by atoms with Crippen molar-refractivity contribution in [1.82, 2.24) is 30.0 Å². The quantitative estimate of drug-likeness (QED) is 0.178. The summed E-state index contributed by atoms with van der Waals surface area (Å²) in [5, 5.41) is 30.9. The number of hydrogen-bond acceptors (Lipinski definition) is 9. The van der Waals surface area contributed by atoms with Gasteiger partial charge >= 0.3 is 6.03 Å². The second kappa shape index (κ2) is 13.5. The fourth-order valence-corrected chi connectivity index (χ4v) is 6.20. The Kier molecular flexibility index (Phi) is 9.05. The summed E-state index contributed by atoms with van der Waals surface area (Å²) in [6, 6.07) is 22.6. The summed E-state index contributed by atoms with van der Waals surface area (Å²) < 4.78 is 1.73. The van der Waals surface area contributed by atoms with E-state index in [4.69, 9.17) is 4.98 Å². The molecule has 3 N–H and O–H groups in total. The number of nitriles is 1. The predicted octanol–water partition coefficient (Wildman–Crippen LogP) is 5.92. The first-order valence-electron chi connectivity index (χ1n) is 15.8. The number of aryl methyl sites for hydroxylation is 1. The van der Waals surface area contributed by atoms with E-state index in [1.54, 1.807) is 17.1 Å². The molecule has 12 nitrogen and oxygen atoms in total. The summed E-state index contributed by atoms with van der Waals surface area (Å²) in [7, 11) is 1.86. The molecule has 0 radical (unpaired) electrons. The zero-order valence-electron chi connectivity index (χ0n) is 27.4. The molecule has 0 spiro atoms. The number of urea groups is 1. The standard InChI is InChI=1S/C36H38N10O2/c1-24-31(36(2,3)48)16-17-45(24)33-27(18-37)21-39-34(43-33)42-29-11-13-30(14-12-29)46(35(47)40-19-25-8-6-5-7-9-25)32-15-10-26(20-38-32)28-22-41-44(4)23-28/h5-15,20-24,31,48H,16-17,19H2,1-4H3,(H,40,47)(H,39,42,43)/t24-,31-/m1/s1. The largest absolute Gasteiger partial charge is 0.390 e. The Morgan fingerprint density at radius 2 is 1.81 bits per heavy atom. The third kappa shape index (κ3) is 6.96. The molecule has 0 bridgehead atoms. The molecular weight excluding hydrogens is 604 g/mol. The third-order valence-electron chi connectivity index (χ3n) is 8.71. The molecule has 2 amide bonds. The van der Waals surface area contributed by atoms with Crippen LogP contribution in [0.2, 0.25) is 0 Å². The molecule has 0 aliphatic carbocycles. The molecule has 4 heterocycles. The second-order valence-electron chi connectivity index (χ2n) is 12.5. The molecule has 5 aromatic rings. The highest BCUT2D eigenvalue weighted by molar-refractivity contribution is 5.98. The average molecular weight is 643 g/mol. The Labute approximate surface area is 279 Å². The van der Waals surface area contributed by atoms with Gasteiger partial charge in [0.25, 0.3) is 0 Å². The number of carbonyl (C=O) groups is 1. The van der Waals surface area contributed by atoms with Crippen molar-refractivity contribution in [2.24, 2.45) is 13.0 Å². The van der Waals surface area contributed by atoms with Crippen molar-refractivity contribution >= 4 is 35.0 Å². The van der Waals surface area contributed by atoms with Crippen molar-refractivity contribution in [3.63, 3.8) is 0 Å². The highest BCUT2D eigenvalue weighted by Crippen LogP contribution is 2.37. The molecular formula is C36H38N10O2. The summed E-state index contributed by atoms with van der Waals surface area (Å²) in [5.74, 6) is 1.36. The van der Waals surface area contributed by atoms with Crippen LogP contribution in [0.15, 0.2) is 91.5 Å². The summed E-state index contributed by atoms with van der Waals surface area (Å²) >= 11 is 0. The molecule has 12 heteroatoms. The molecule has 1 fully saturated rings. The first-order chi connectivity index (χ1) is 23.1. The van der Waals surface area contributed by atoms with Gasteiger partial charge in [-0.1, -0.05) is 30.3 Å². The Morgan fingerprint density at radius 1 is 1.04 bits per heavy atom.